The van der Waals surface area contributed by atoms with Crippen LogP contribution in [0.25, 0.3) is 0 Å². The molecule has 0 aliphatic carbocycles. The zero-order chi connectivity index (χ0) is 15.2. The molecule has 2 N–H and O–H groups in total. The van der Waals surface area contributed by atoms with Crippen LogP contribution in [-0.4, -0.2) is 17.5 Å². The van der Waals surface area contributed by atoms with Gasteiger partial charge in [-0.3, -0.25) is 4.79 Å². The van der Waals surface area contributed by atoms with Crippen molar-refractivity contribution in [3.8, 4) is 0 Å². The van der Waals surface area contributed by atoms with E-state index in [4.69, 9.17) is 0 Å². The number of halogens is 1. The summed E-state index contributed by atoms with van der Waals surface area (Å²) >= 11 is 0. The Morgan fingerprint density at radius 2 is 2.19 bits per heavy atom. The van der Waals surface area contributed by atoms with Crippen LogP contribution >= 0.6 is 0 Å². The molecule has 4 nitrogen and oxygen atoms in total. The lowest BCUT2D eigenvalue weighted by molar-refractivity contribution is -0.116. The van der Waals surface area contributed by atoms with Gasteiger partial charge in [0.1, 0.15) is 12.4 Å². The second kappa shape index (κ2) is 7.04. The van der Waals surface area contributed by atoms with Crippen molar-refractivity contribution in [2.75, 3.05) is 12.4 Å². The highest BCUT2D eigenvalue weighted by Gasteiger charge is 2.09. The van der Waals surface area contributed by atoms with Crippen molar-refractivity contribution < 1.29 is 9.18 Å². The number of nitrogens with one attached hydrogen (secondary N) is 2. The molecule has 1 heterocycles. The molecule has 1 unspecified atom stereocenters. The average Bonchev–Trinajstić information content (AvgIpc) is 2.88. The molecule has 2 aromatic rings. The molecule has 0 fully saturated rings. The molecule has 1 atom stereocenters. The first kappa shape index (κ1) is 15.3. The van der Waals surface area contributed by atoms with Gasteiger partial charge in [0.2, 0.25) is 5.91 Å². The van der Waals surface area contributed by atoms with E-state index in [0.717, 1.165) is 12.0 Å². The normalized spacial score (nSPS) is 12.1. The minimum Gasteiger partial charge on any atom is -0.345 e. The molecule has 2 rings (SSSR count). The SMILES string of the molecule is CCC(NC)c1ccn(CC(=O)Nc2cccc(F)c2)c1. The second-order valence-electron chi connectivity index (χ2n) is 4.93. The first-order chi connectivity index (χ1) is 10.1. The maximum absolute atomic E-state index is 13.1. The summed E-state index contributed by atoms with van der Waals surface area (Å²) < 4.78 is 14.9. The monoisotopic (exact) mass is 289 g/mol. The Labute approximate surface area is 124 Å². The largest absolute Gasteiger partial charge is 0.345 e. The second-order valence-corrected chi connectivity index (χ2v) is 4.93. The van der Waals surface area contributed by atoms with Crippen molar-refractivity contribution in [3.05, 3.63) is 54.1 Å². The Morgan fingerprint density at radius 1 is 1.38 bits per heavy atom. The molecule has 0 aliphatic heterocycles. The minimum absolute atomic E-state index is 0.180. The van der Waals surface area contributed by atoms with Crippen LogP contribution in [0.3, 0.4) is 0 Å². The summed E-state index contributed by atoms with van der Waals surface area (Å²) in [4.78, 5) is 11.9. The molecule has 0 spiro atoms. The van der Waals surface area contributed by atoms with Gasteiger partial charge in [0.05, 0.1) is 0 Å². The molecule has 21 heavy (non-hydrogen) atoms. The highest BCUT2D eigenvalue weighted by molar-refractivity contribution is 5.90. The summed E-state index contributed by atoms with van der Waals surface area (Å²) in [5, 5.41) is 5.91. The number of amides is 1. The molecule has 1 aromatic carbocycles. The third-order valence-electron chi connectivity index (χ3n) is 3.37. The molecule has 1 aromatic heterocycles. The summed E-state index contributed by atoms with van der Waals surface area (Å²) in [7, 11) is 1.92. The van der Waals surface area contributed by atoms with E-state index < -0.39 is 0 Å². The maximum atomic E-state index is 13.1. The number of benzene rings is 1. The number of rotatable bonds is 6. The topological polar surface area (TPSA) is 46.1 Å². The van der Waals surface area contributed by atoms with Gasteiger partial charge in [-0.15, -0.1) is 0 Å². The van der Waals surface area contributed by atoms with Crippen LogP contribution in [0.15, 0.2) is 42.7 Å². The quantitative estimate of drug-likeness (QED) is 0.859. The lowest BCUT2D eigenvalue weighted by Gasteiger charge is -2.11. The van der Waals surface area contributed by atoms with E-state index in [0.29, 0.717) is 5.69 Å². The Hall–Kier alpha value is -2.14. The highest BCUT2D eigenvalue weighted by atomic mass is 19.1. The minimum atomic E-state index is -0.365. The Balaban J connectivity index is 1.97. The number of anilines is 1. The van der Waals surface area contributed by atoms with Gasteiger partial charge in [-0.05, 0) is 43.3 Å². The molecule has 0 radical (unpaired) electrons. The van der Waals surface area contributed by atoms with Gasteiger partial charge in [-0.2, -0.15) is 0 Å². The van der Waals surface area contributed by atoms with Gasteiger partial charge in [-0.1, -0.05) is 13.0 Å². The number of carbonyl (C=O) groups is 1. The van der Waals surface area contributed by atoms with Crippen LogP contribution in [0.5, 0.6) is 0 Å². The zero-order valence-electron chi connectivity index (χ0n) is 12.3. The van der Waals surface area contributed by atoms with Crippen molar-refractivity contribution in [3.63, 3.8) is 0 Å². The molecule has 0 saturated carbocycles. The molecule has 112 valence electrons. The fourth-order valence-corrected chi connectivity index (χ4v) is 2.30. The van der Waals surface area contributed by atoms with Gasteiger partial charge in [-0.25, -0.2) is 4.39 Å². The predicted molar refractivity (Wildman–Crippen MR) is 81.6 cm³/mol. The first-order valence-corrected chi connectivity index (χ1v) is 7.00. The van der Waals surface area contributed by atoms with Crippen molar-refractivity contribution in [2.24, 2.45) is 0 Å². The van der Waals surface area contributed by atoms with Gasteiger partial charge in [0.15, 0.2) is 0 Å². The van der Waals surface area contributed by atoms with E-state index in [2.05, 4.69) is 17.6 Å². The van der Waals surface area contributed by atoms with Crippen LogP contribution in [0, 0.1) is 5.82 Å². The summed E-state index contributed by atoms with van der Waals surface area (Å²) in [6.07, 6.45) is 4.81. The number of carbonyl (C=O) groups excluding carboxylic acids is 1. The summed E-state index contributed by atoms with van der Waals surface area (Å²) in [5.41, 5.74) is 1.62. The number of aromatic nitrogens is 1. The summed E-state index contributed by atoms with van der Waals surface area (Å²) in [5.74, 6) is -0.545. The molecule has 0 bridgehead atoms. The van der Waals surface area contributed by atoms with E-state index in [1.807, 2.05) is 30.1 Å². The van der Waals surface area contributed by atoms with E-state index in [-0.39, 0.29) is 24.3 Å². The van der Waals surface area contributed by atoms with Crippen molar-refractivity contribution in [1.82, 2.24) is 9.88 Å². The standard InChI is InChI=1S/C16H20FN3O/c1-3-15(18-2)12-7-8-20(10-12)11-16(21)19-14-6-4-5-13(17)9-14/h4-10,15,18H,3,11H2,1-2H3,(H,19,21). The van der Waals surface area contributed by atoms with Crippen LogP contribution in [-0.2, 0) is 11.3 Å². The molecule has 1 amide bonds. The smallest absolute Gasteiger partial charge is 0.244 e. The fourth-order valence-electron chi connectivity index (χ4n) is 2.30. The average molecular weight is 289 g/mol. The van der Waals surface area contributed by atoms with Gasteiger partial charge >= 0.3 is 0 Å². The van der Waals surface area contributed by atoms with E-state index >= 15 is 0 Å². The van der Waals surface area contributed by atoms with Crippen molar-refractivity contribution >= 4 is 11.6 Å². The Morgan fingerprint density at radius 3 is 2.86 bits per heavy atom. The van der Waals surface area contributed by atoms with Crippen LogP contribution in [0.4, 0.5) is 10.1 Å². The molecular formula is C16H20FN3O. The molecule has 0 saturated heterocycles. The Kier molecular flexibility index (Phi) is 5.11. The lowest BCUT2D eigenvalue weighted by Crippen LogP contribution is -2.18. The van der Waals surface area contributed by atoms with Crippen LogP contribution < -0.4 is 10.6 Å². The van der Waals surface area contributed by atoms with E-state index in [1.165, 1.54) is 12.1 Å². The zero-order valence-corrected chi connectivity index (χ0v) is 12.3. The van der Waals surface area contributed by atoms with E-state index in [1.54, 1.807) is 12.1 Å². The number of hydrogen-bond acceptors (Lipinski definition) is 2. The van der Waals surface area contributed by atoms with Crippen molar-refractivity contribution in [1.29, 1.82) is 0 Å². The van der Waals surface area contributed by atoms with Crippen LogP contribution in [0.2, 0.25) is 0 Å². The fraction of sp³-hybridized carbons (Fsp3) is 0.312. The number of hydrogen-bond donors (Lipinski definition) is 2. The van der Waals surface area contributed by atoms with Crippen LogP contribution in [0.1, 0.15) is 24.9 Å². The van der Waals surface area contributed by atoms with Gasteiger partial charge in [0.25, 0.3) is 0 Å². The lowest BCUT2D eigenvalue weighted by atomic mass is 10.1. The van der Waals surface area contributed by atoms with E-state index in [9.17, 15) is 9.18 Å². The third-order valence-corrected chi connectivity index (χ3v) is 3.37. The molecular weight excluding hydrogens is 269 g/mol. The third kappa shape index (κ3) is 4.16. The molecule has 0 aliphatic rings. The highest BCUT2D eigenvalue weighted by Crippen LogP contribution is 2.16. The summed E-state index contributed by atoms with van der Waals surface area (Å²) in [6.45, 7) is 2.31. The maximum Gasteiger partial charge on any atom is 0.244 e. The summed E-state index contributed by atoms with van der Waals surface area (Å²) in [6, 6.07) is 8.16. The van der Waals surface area contributed by atoms with Gasteiger partial charge in [0, 0.05) is 24.1 Å². The number of nitrogens with zero attached hydrogens (tertiary/aromatic N) is 1. The van der Waals surface area contributed by atoms with Gasteiger partial charge < -0.3 is 15.2 Å². The Bertz CT molecular complexity index is 605. The molecule has 5 heteroatoms. The van der Waals surface area contributed by atoms with Crippen molar-refractivity contribution in [2.45, 2.75) is 25.9 Å². The predicted octanol–water partition coefficient (Wildman–Crippen LogP) is 2.94. The first-order valence-electron chi connectivity index (χ1n) is 7.00.